The number of anilines is 1. The minimum absolute atomic E-state index is 0.0146. The van der Waals surface area contributed by atoms with Gasteiger partial charge in [0.25, 0.3) is 0 Å². The van der Waals surface area contributed by atoms with Crippen molar-refractivity contribution >= 4 is 32.6 Å². The van der Waals surface area contributed by atoms with Crippen molar-refractivity contribution in [2.45, 2.75) is 12.5 Å². The number of likely N-dealkylation sites (tertiary alicyclic amines) is 1. The Balaban J connectivity index is 1.58. The van der Waals surface area contributed by atoms with E-state index in [2.05, 4.69) is 20.5 Å². The summed E-state index contributed by atoms with van der Waals surface area (Å²) in [6.45, 7) is 2.34. The standard InChI is InChI=1S/C14H18N4OS/c1-15-10-6-7-18(8-10)9-13(19)17-14-16-11-4-2-3-5-12(11)20-14/h2-5,10,15H,6-9H2,1H3,(H,16,17,19). The van der Waals surface area contributed by atoms with Gasteiger partial charge in [-0.3, -0.25) is 9.69 Å². The van der Waals surface area contributed by atoms with Gasteiger partial charge in [0.1, 0.15) is 0 Å². The summed E-state index contributed by atoms with van der Waals surface area (Å²) in [5.41, 5.74) is 0.934. The molecule has 6 heteroatoms. The lowest BCUT2D eigenvalue weighted by atomic mass is 10.3. The molecule has 0 radical (unpaired) electrons. The second-order valence-corrected chi connectivity index (χ2v) is 6.07. The molecule has 2 N–H and O–H groups in total. The van der Waals surface area contributed by atoms with Crippen LogP contribution < -0.4 is 10.6 Å². The molecule has 2 aromatic rings. The zero-order chi connectivity index (χ0) is 13.9. The third-order valence-corrected chi connectivity index (χ3v) is 4.54. The summed E-state index contributed by atoms with van der Waals surface area (Å²) in [5.74, 6) is 0.0146. The smallest absolute Gasteiger partial charge is 0.240 e. The zero-order valence-electron chi connectivity index (χ0n) is 11.4. The van der Waals surface area contributed by atoms with Crippen molar-refractivity contribution in [3.05, 3.63) is 24.3 Å². The van der Waals surface area contributed by atoms with E-state index >= 15 is 0 Å². The van der Waals surface area contributed by atoms with Crippen LogP contribution in [0.25, 0.3) is 10.2 Å². The predicted molar refractivity (Wildman–Crippen MR) is 82.2 cm³/mol. The van der Waals surface area contributed by atoms with E-state index in [1.807, 2.05) is 31.3 Å². The van der Waals surface area contributed by atoms with Gasteiger partial charge in [-0.25, -0.2) is 4.98 Å². The SMILES string of the molecule is CNC1CCN(CC(=O)Nc2nc3ccccc3s2)C1. The van der Waals surface area contributed by atoms with E-state index in [1.54, 1.807) is 0 Å². The molecule has 1 atom stereocenters. The number of benzene rings is 1. The minimum atomic E-state index is 0.0146. The largest absolute Gasteiger partial charge is 0.316 e. The van der Waals surface area contributed by atoms with Gasteiger partial charge in [-0.2, -0.15) is 0 Å². The van der Waals surface area contributed by atoms with Crippen molar-refractivity contribution in [1.29, 1.82) is 0 Å². The van der Waals surface area contributed by atoms with E-state index in [-0.39, 0.29) is 5.91 Å². The maximum atomic E-state index is 12.0. The van der Waals surface area contributed by atoms with Crippen molar-refractivity contribution in [1.82, 2.24) is 15.2 Å². The average molecular weight is 290 g/mol. The molecule has 20 heavy (non-hydrogen) atoms. The molecule has 106 valence electrons. The molecule has 1 fully saturated rings. The lowest BCUT2D eigenvalue weighted by molar-refractivity contribution is -0.117. The van der Waals surface area contributed by atoms with E-state index in [1.165, 1.54) is 11.3 Å². The van der Waals surface area contributed by atoms with Crippen LogP contribution in [0.15, 0.2) is 24.3 Å². The predicted octanol–water partition coefficient (Wildman–Crippen LogP) is 1.53. The van der Waals surface area contributed by atoms with E-state index in [0.29, 0.717) is 17.7 Å². The van der Waals surface area contributed by atoms with Crippen LogP contribution in [0, 0.1) is 0 Å². The maximum Gasteiger partial charge on any atom is 0.240 e. The number of rotatable bonds is 4. The van der Waals surface area contributed by atoms with E-state index in [0.717, 1.165) is 29.7 Å². The van der Waals surface area contributed by atoms with Gasteiger partial charge < -0.3 is 10.6 Å². The van der Waals surface area contributed by atoms with Gasteiger partial charge in [-0.05, 0) is 25.6 Å². The highest BCUT2D eigenvalue weighted by atomic mass is 32.1. The number of hydrogen-bond donors (Lipinski definition) is 2. The molecule has 3 rings (SSSR count). The summed E-state index contributed by atoms with van der Waals surface area (Å²) < 4.78 is 1.10. The van der Waals surface area contributed by atoms with Crippen molar-refractivity contribution in [2.24, 2.45) is 0 Å². The maximum absolute atomic E-state index is 12.0. The summed E-state index contributed by atoms with van der Waals surface area (Å²) in [5, 5.41) is 6.83. The van der Waals surface area contributed by atoms with Gasteiger partial charge in [-0.15, -0.1) is 0 Å². The Morgan fingerprint density at radius 1 is 1.50 bits per heavy atom. The Kier molecular flexibility index (Phi) is 3.95. The number of nitrogens with one attached hydrogen (secondary N) is 2. The molecule has 1 saturated heterocycles. The first kappa shape index (κ1) is 13.5. The van der Waals surface area contributed by atoms with Crippen LogP contribution in [0.4, 0.5) is 5.13 Å². The minimum Gasteiger partial charge on any atom is -0.316 e. The van der Waals surface area contributed by atoms with Crippen LogP contribution in [0.3, 0.4) is 0 Å². The van der Waals surface area contributed by atoms with Crippen LogP contribution in [-0.4, -0.2) is 48.5 Å². The quantitative estimate of drug-likeness (QED) is 0.896. The molecule has 5 nitrogen and oxygen atoms in total. The summed E-state index contributed by atoms with van der Waals surface area (Å²) in [6.07, 6.45) is 1.10. The monoisotopic (exact) mass is 290 g/mol. The number of fused-ring (bicyclic) bond motifs is 1. The molecule has 1 aliphatic rings. The fourth-order valence-corrected chi connectivity index (χ4v) is 3.38. The molecule has 1 amide bonds. The van der Waals surface area contributed by atoms with Gasteiger partial charge in [0, 0.05) is 19.1 Å². The van der Waals surface area contributed by atoms with Crippen molar-refractivity contribution < 1.29 is 4.79 Å². The molecule has 1 aromatic carbocycles. The first-order valence-corrected chi connectivity index (χ1v) is 7.61. The van der Waals surface area contributed by atoms with Gasteiger partial charge in [0.05, 0.1) is 16.8 Å². The van der Waals surface area contributed by atoms with E-state index < -0.39 is 0 Å². The molecule has 1 unspecified atom stereocenters. The van der Waals surface area contributed by atoms with Crippen LogP contribution in [0.1, 0.15) is 6.42 Å². The molecule has 2 heterocycles. The van der Waals surface area contributed by atoms with E-state index in [9.17, 15) is 4.79 Å². The van der Waals surface area contributed by atoms with Crippen LogP contribution in [0.2, 0.25) is 0 Å². The summed E-state index contributed by atoms with van der Waals surface area (Å²) in [6, 6.07) is 8.41. The molecule has 0 saturated carbocycles. The number of carbonyl (C=O) groups is 1. The zero-order valence-corrected chi connectivity index (χ0v) is 12.2. The number of para-hydroxylation sites is 1. The number of carbonyl (C=O) groups excluding carboxylic acids is 1. The highest BCUT2D eigenvalue weighted by molar-refractivity contribution is 7.22. The van der Waals surface area contributed by atoms with Crippen molar-refractivity contribution in [2.75, 3.05) is 32.0 Å². The summed E-state index contributed by atoms with van der Waals surface area (Å²) in [4.78, 5) is 18.6. The molecule has 1 aliphatic heterocycles. The summed E-state index contributed by atoms with van der Waals surface area (Å²) >= 11 is 1.51. The third-order valence-electron chi connectivity index (χ3n) is 3.59. The number of thiazole rings is 1. The fraction of sp³-hybridized carbons (Fsp3) is 0.429. The molecule has 0 aliphatic carbocycles. The fourth-order valence-electron chi connectivity index (χ4n) is 2.50. The second-order valence-electron chi connectivity index (χ2n) is 5.04. The third kappa shape index (κ3) is 2.98. The Labute approximate surface area is 122 Å². The normalized spacial score (nSPS) is 19.6. The molecule has 0 spiro atoms. The number of hydrogen-bond acceptors (Lipinski definition) is 5. The topological polar surface area (TPSA) is 57.3 Å². The Morgan fingerprint density at radius 2 is 2.35 bits per heavy atom. The van der Waals surface area contributed by atoms with E-state index in [4.69, 9.17) is 0 Å². The van der Waals surface area contributed by atoms with Gasteiger partial charge in [0.2, 0.25) is 5.91 Å². The van der Waals surface area contributed by atoms with Crippen LogP contribution in [-0.2, 0) is 4.79 Å². The highest BCUT2D eigenvalue weighted by Crippen LogP contribution is 2.25. The lowest BCUT2D eigenvalue weighted by Gasteiger charge is -2.14. The van der Waals surface area contributed by atoms with Crippen LogP contribution in [0.5, 0.6) is 0 Å². The van der Waals surface area contributed by atoms with Crippen molar-refractivity contribution in [3.8, 4) is 0 Å². The first-order valence-electron chi connectivity index (χ1n) is 6.79. The van der Waals surface area contributed by atoms with Crippen LogP contribution >= 0.6 is 11.3 Å². The molecular weight excluding hydrogens is 272 g/mol. The number of likely N-dealkylation sites (N-methyl/N-ethyl adjacent to an activating group) is 1. The van der Waals surface area contributed by atoms with Gasteiger partial charge in [-0.1, -0.05) is 23.5 Å². The summed E-state index contributed by atoms with van der Waals surface area (Å²) in [7, 11) is 1.97. The number of amides is 1. The van der Waals surface area contributed by atoms with Gasteiger partial charge >= 0.3 is 0 Å². The Hall–Kier alpha value is -1.50. The first-order chi connectivity index (χ1) is 9.74. The number of nitrogens with zero attached hydrogens (tertiary/aromatic N) is 2. The Bertz CT molecular complexity index is 579. The molecule has 0 bridgehead atoms. The molecule has 1 aromatic heterocycles. The second kappa shape index (κ2) is 5.87. The Morgan fingerprint density at radius 3 is 3.10 bits per heavy atom. The van der Waals surface area contributed by atoms with Gasteiger partial charge in [0.15, 0.2) is 5.13 Å². The molecular formula is C14H18N4OS. The van der Waals surface area contributed by atoms with Crippen molar-refractivity contribution in [3.63, 3.8) is 0 Å². The lowest BCUT2D eigenvalue weighted by Crippen LogP contribution is -2.34. The highest BCUT2D eigenvalue weighted by Gasteiger charge is 2.22. The average Bonchev–Trinajstić information content (AvgIpc) is 3.04. The number of aromatic nitrogens is 1.